The van der Waals surface area contributed by atoms with Crippen molar-refractivity contribution in [2.45, 2.75) is 56.6 Å². The molecule has 1 unspecified atom stereocenters. The molecule has 1 amide bonds. The van der Waals surface area contributed by atoms with E-state index in [4.69, 9.17) is 0 Å². The number of Topliss-reactive ketones (excluding diaryl/α,β-unsaturated/α-hetero) is 1. The third kappa shape index (κ3) is 3.65. The van der Waals surface area contributed by atoms with Crippen LogP contribution in [-0.2, 0) is 19.4 Å². The number of hydrogen-bond acceptors (Lipinski definition) is 6. The number of sulfone groups is 1. The number of pyridine rings is 1. The molecule has 28 heavy (non-hydrogen) atoms. The molecule has 1 aromatic rings. The predicted octanol–water partition coefficient (Wildman–Crippen LogP) is 2.32. The van der Waals surface area contributed by atoms with Crippen LogP contribution in [0.3, 0.4) is 0 Å². The van der Waals surface area contributed by atoms with Gasteiger partial charge in [-0.3, -0.25) is 14.6 Å². The van der Waals surface area contributed by atoms with Crippen molar-refractivity contribution < 1.29 is 18.0 Å². The lowest BCUT2D eigenvalue weighted by atomic mass is 9.94. The Balaban J connectivity index is 1.99. The lowest BCUT2D eigenvalue weighted by molar-refractivity contribution is -0.117. The van der Waals surface area contributed by atoms with Gasteiger partial charge < -0.3 is 5.32 Å². The first-order chi connectivity index (χ1) is 13.3. The fraction of sp³-hybridized carbons (Fsp3) is 0.500. The van der Waals surface area contributed by atoms with Crippen LogP contribution >= 0.6 is 0 Å². The Morgan fingerprint density at radius 2 is 1.89 bits per heavy atom. The Morgan fingerprint density at radius 1 is 1.21 bits per heavy atom. The molecule has 0 radical (unpaired) electrons. The van der Waals surface area contributed by atoms with E-state index in [1.165, 1.54) is 19.2 Å². The fourth-order valence-electron chi connectivity index (χ4n) is 3.84. The SMILES string of the molecule is CCNC(=O)C1=C(c2ccc(S(=O)(=O)C3CCCC3)cn2)N=C(C(C)=O)C1C. The summed E-state index contributed by atoms with van der Waals surface area (Å²) in [5.41, 5.74) is 1.40. The van der Waals surface area contributed by atoms with Crippen molar-refractivity contribution in [1.29, 1.82) is 0 Å². The summed E-state index contributed by atoms with van der Waals surface area (Å²) in [5.74, 6) is -0.943. The number of nitrogens with zero attached hydrogens (tertiary/aromatic N) is 2. The van der Waals surface area contributed by atoms with Crippen LogP contribution in [0.4, 0.5) is 0 Å². The Hall–Kier alpha value is -2.35. The largest absolute Gasteiger partial charge is 0.353 e. The van der Waals surface area contributed by atoms with Gasteiger partial charge in [-0.05, 0) is 31.9 Å². The highest BCUT2D eigenvalue weighted by Crippen LogP contribution is 2.34. The van der Waals surface area contributed by atoms with E-state index in [1.807, 2.05) is 6.92 Å². The molecule has 0 saturated heterocycles. The van der Waals surface area contributed by atoms with Crippen molar-refractivity contribution in [3.8, 4) is 0 Å². The molecule has 1 aliphatic carbocycles. The minimum Gasteiger partial charge on any atom is -0.353 e. The number of carbonyl (C=O) groups is 2. The fourth-order valence-corrected chi connectivity index (χ4v) is 5.63. The minimum atomic E-state index is -3.40. The zero-order valence-corrected chi connectivity index (χ0v) is 17.2. The minimum absolute atomic E-state index is 0.185. The Morgan fingerprint density at radius 3 is 2.43 bits per heavy atom. The monoisotopic (exact) mass is 403 g/mol. The van der Waals surface area contributed by atoms with Gasteiger partial charge in [0.25, 0.3) is 0 Å². The van der Waals surface area contributed by atoms with Crippen LogP contribution in [-0.4, -0.2) is 42.6 Å². The van der Waals surface area contributed by atoms with E-state index in [1.54, 1.807) is 13.0 Å². The number of carbonyl (C=O) groups excluding carboxylic acids is 2. The molecule has 0 bridgehead atoms. The lowest BCUT2D eigenvalue weighted by Crippen LogP contribution is -2.30. The molecular formula is C20H25N3O4S. The van der Waals surface area contributed by atoms with Crippen LogP contribution in [0.1, 0.15) is 52.1 Å². The number of amides is 1. The standard InChI is InChI=1S/C20H25N3O4S/c1-4-21-20(25)17-12(2)18(13(3)24)23-19(17)16-10-9-15(11-22-16)28(26,27)14-7-5-6-8-14/h9-12,14H,4-8H2,1-3H3,(H,21,25). The van der Waals surface area contributed by atoms with Gasteiger partial charge >= 0.3 is 0 Å². The quantitative estimate of drug-likeness (QED) is 0.785. The molecule has 7 nitrogen and oxygen atoms in total. The summed E-state index contributed by atoms with van der Waals surface area (Å²) < 4.78 is 25.5. The van der Waals surface area contributed by atoms with E-state index in [0.29, 0.717) is 42.1 Å². The van der Waals surface area contributed by atoms with Gasteiger partial charge in [0.05, 0.1) is 32.8 Å². The molecule has 1 saturated carbocycles. The third-order valence-electron chi connectivity index (χ3n) is 5.32. The molecule has 2 aliphatic rings. The van der Waals surface area contributed by atoms with E-state index < -0.39 is 15.8 Å². The van der Waals surface area contributed by atoms with Crippen molar-refractivity contribution >= 4 is 32.9 Å². The second-order valence-corrected chi connectivity index (χ2v) is 9.46. The third-order valence-corrected chi connectivity index (χ3v) is 7.57. The Labute approximate surface area is 165 Å². The maximum atomic E-state index is 12.7. The molecule has 1 aromatic heterocycles. The highest BCUT2D eigenvalue weighted by Gasteiger charge is 2.35. The highest BCUT2D eigenvalue weighted by molar-refractivity contribution is 7.92. The van der Waals surface area contributed by atoms with Crippen molar-refractivity contribution in [2.24, 2.45) is 10.9 Å². The number of hydrogen-bond donors (Lipinski definition) is 1. The lowest BCUT2D eigenvalue weighted by Gasteiger charge is -2.12. The number of ketones is 1. The summed E-state index contributed by atoms with van der Waals surface area (Å²) in [4.78, 5) is 33.3. The molecule has 2 heterocycles. The molecule has 1 fully saturated rings. The average Bonchev–Trinajstić information content (AvgIpc) is 3.30. The van der Waals surface area contributed by atoms with Gasteiger partial charge in [-0.2, -0.15) is 0 Å². The van der Waals surface area contributed by atoms with Crippen molar-refractivity contribution in [1.82, 2.24) is 10.3 Å². The van der Waals surface area contributed by atoms with Crippen LogP contribution in [0.5, 0.6) is 0 Å². The summed E-state index contributed by atoms with van der Waals surface area (Å²) in [6.45, 7) is 5.43. The maximum absolute atomic E-state index is 12.7. The van der Waals surface area contributed by atoms with E-state index in [-0.39, 0.29) is 21.8 Å². The summed E-state index contributed by atoms with van der Waals surface area (Å²) in [6.07, 6.45) is 4.55. The average molecular weight is 404 g/mol. The van der Waals surface area contributed by atoms with Gasteiger partial charge in [-0.25, -0.2) is 13.4 Å². The maximum Gasteiger partial charge on any atom is 0.250 e. The Bertz CT molecular complexity index is 956. The first-order valence-corrected chi connectivity index (χ1v) is 11.1. The van der Waals surface area contributed by atoms with Gasteiger partial charge in [0.1, 0.15) is 0 Å². The number of aromatic nitrogens is 1. The number of nitrogens with one attached hydrogen (secondary N) is 1. The first-order valence-electron chi connectivity index (χ1n) is 9.59. The van der Waals surface area contributed by atoms with Crippen LogP contribution in [0, 0.1) is 5.92 Å². The van der Waals surface area contributed by atoms with E-state index in [0.717, 1.165) is 12.8 Å². The normalized spacial score (nSPS) is 20.4. The van der Waals surface area contributed by atoms with Crippen molar-refractivity contribution in [3.05, 3.63) is 29.6 Å². The molecule has 0 spiro atoms. The van der Waals surface area contributed by atoms with Gasteiger partial charge in [0, 0.05) is 25.6 Å². The summed E-state index contributed by atoms with van der Waals surface area (Å²) in [5, 5.41) is 2.40. The van der Waals surface area contributed by atoms with Crippen molar-refractivity contribution in [2.75, 3.05) is 6.54 Å². The van der Waals surface area contributed by atoms with Gasteiger partial charge in [0.2, 0.25) is 5.91 Å². The predicted molar refractivity (Wildman–Crippen MR) is 107 cm³/mol. The summed E-state index contributed by atoms with van der Waals surface area (Å²) in [6, 6.07) is 3.08. The number of rotatable bonds is 6. The molecule has 3 rings (SSSR count). The van der Waals surface area contributed by atoms with Crippen LogP contribution < -0.4 is 5.32 Å². The van der Waals surface area contributed by atoms with Crippen LogP contribution in [0.2, 0.25) is 0 Å². The van der Waals surface area contributed by atoms with Crippen LogP contribution in [0.25, 0.3) is 5.70 Å². The first kappa shape index (κ1) is 20.4. The van der Waals surface area contributed by atoms with E-state index in [2.05, 4.69) is 15.3 Å². The summed E-state index contributed by atoms with van der Waals surface area (Å²) in [7, 11) is -3.40. The van der Waals surface area contributed by atoms with E-state index in [9.17, 15) is 18.0 Å². The molecule has 1 aliphatic heterocycles. The highest BCUT2D eigenvalue weighted by atomic mass is 32.2. The molecular weight excluding hydrogens is 378 g/mol. The second-order valence-electron chi connectivity index (χ2n) is 7.23. The second kappa shape index (κ2) is 7.95. The van der Waals surface area contributed by atoms with Crippen LogP contribution in [0.15, 0.2) is 33.8 Å². The smallest absolute Gasteiger partial charge is 0.250 e. The Kier molecular flexibility index (Phi) is 5.79. The van der Waals surface area contributed by atoms with Gasteiger partial charge in [-0.1, -0.05) is 19.8 Å². The van der Waals surface area contributed by atoms with Crippen molar-refractivity contribution in [3.63, 3.8) is 0 Å². The molecule has 1 atom stereocenters. The topological polar surface area (TPSA) is 106 Å². The van der Waals surface area contributed by atoms with Gasteiger partial charge in [0.15, 0.2) is 15.6 Å². The van der Waals surface area contributed by atoms with E-state index >= 15 is 0 Å². The molecule has 8 heteroatoms. The zero-order chi connectivity index (χ0) is 20.5. The van der Waals surface area contributed by atoms with Gasteiger partial charge in [-0.15, -0.1) is 0 Å². The number of likely N-dealkylation sites (N-methyl/N-ethyl adjacent to an activating group) is 1. The summed E-state index contributed by atoms with van der Waals surface area (Å²) >= 11 is 0. The molecule has 150 valence electrons. The zero-order valence-electron chi connectivity index (χ0n) is 16.4. The number of aliphatic imine (C=N–C) groups is 1. The molecule has 0 aromatic carbocycles. The molecule has 1 N–H and O–H groups in total.